The summed E-state index contributed by atoms with van der Waals surface area (Å²) in [6.45, 7) is 2.07. The summed E-state index contributed by atoms with van der Waals surface area (Å²) in [5.41, 5.74) is 7.04. The molecule has 0 spiro atoms. The van der Waals surface area contributed by atoms with Crippen LogP contribution in [0.2, 0.25) is 0 Å². The molecule has 6 heteroatoms. The van der Waals surface area contributed by atoms with Crippen molar-refractivity contribution in [2.45, 2.75) is 19.8 Å². The summed E-state index contributed by atoms with van der Waals surface area (Å²) < 4.78 is 1.96. The third-order valence-electron chi connectivity index (χ3n) is 4.92. The minimum Gasteiger partial charge on any atom is -0.332 e. The van der Waals surface area contributed by atoms with E-state index in [-0.39, 0.29) is 0 Å². The summed E-state index contributed by atoms with van der Waals surface area (Å²) in [6.07, 6.45) is 14.0. The lowest BCUT2D eigenvalue weighted by Crippen LogP contribution is -1.97. The Kier molecular flexibility index (Phi) is 5.12. The van der Waals surface area contributed by atoms with Gasteiger partial charge in [0, 0.05) is 36.8 Å². The van der Waals surface area contributed by atoms with Gasteiger partial charge >= 0.3 is 0 Å². The number of hydrogen-bond donors (Lipinski definition) is 0. The Morgan fingerprint density at radius 2 is 1.90 bits per heavy atom. The molecule has 4 aromatic rings. The largest absolute Gasteiger partial charge is 0.332 e. The van der Waals surface area contributed by atoms with Crippen LogP contribution in [-0.2, 0) is 13.5 Å². The highest BCUT2D eigenvalue weighted by atomic mass is 15.0. The summed E-state index contributed by atoms with van der Waals surface area (Å²) in [7, 11) is 1.96. The van der Waals surface area contributed by atoms with Gasteiger partial charge in [0.2, 0.25) is 0 Å². The number of nitriles is 1. The predicted octanol–water partition coefficient (Wildman–Crippen LogP) is 4.36. The minimum atomic E-state index is 0.499. The van der Waals surface area contributed by atoms with Gasteiger partial charge < -0.3 is 4.57 Å². The maximum Gasteiger partial charge on any atom is 0.115 e. The van der Waals surface area contributed by atoms with Crippen LogP contribution in [0.4, 0.5) is 0 Å². The first kappa shape index (κ1) is 18.5. The summed E-state index contributed by atoms with van der Waals surface area (Å²) in [4.78, 5) is 17.3. The fraction of sp³-hybridized carbons (Fsp3) is 0.174. The van der Waals surface area contributed by atoms with Gasteiger partial charge in [-0.3, -0.25) is 0 Å². The summed E-state index contributed by atoms with van der Waals surface area (Å²) in [5, 5.41) is 10.0. The van der Waals surface area contributed by atoms with Crippen molar-refractivity contribution in [1.82, 2.24) is 24.5 Å². The number of hydrogen-bond acceptors (Lipinski definition) is 5. The second-order valence-corrected chi connectivity index (χ2v) is 6.95. The molecule has 0 saturated heterocycles. The molecule has 142 valence electrons. The Morgan fingerprint density at radius 3 is 2.62 bits per heavy atom. The molecule has 1 aromatic carbocycles. The zero-order chi connectivity index (χ0) is 20.2. The number of fused-ring (bicyclic) bond motifs is 1. The number of nitrogens with zero attached hydrogens (tertiary/aromatic N) is 6. The van der Waals surface area contributed by atoms with E-state index in [0.717, 1.165) is 45.4 Å². The number of benzene rings is 1. The van der Waals surface area contributed by atoms with Crippen molar-refractivity contribution in [2.75, 3.05) is 0 Å². The number of imidazole rings is 1. The van der Waals surface area contributed by atoms with Gasteiger partial charge in [0.25, 0.3) is 0 Å². The van der Waals surface area contributed by atoms with Crippen molar-refractivity contribution < 1.29 is 0 Å². The quantitative estimate of drug-likeness (QED) is 0.514. The lowest BCUT2D eigenvalue weighted by molar-refractivity contribution is 0.917. The van der Waals surface area contributed by atoms with E-state index in [4.69, 9.17) is 10.2 Å². The molecule has 0 unspecified atom stereocenters. The monoisotopic (exact) mass is 380 g/mol. The maximum atomic E-state index is 8.97. The van der Waals surface area contributed by atoms with E-state index < -0.39 is 0 Å². The molecule has 3 heterocycles. The fourth-order valence-electron chi connectivity index (χ4n) is 3.36. The Labute approximate surface area is 169 Å². The second-order valence-electron chi connectivity index (χ2n) is 6.95. The average Bonchev–Trinajstić information content (AvgIpc) is 3.17. The second kappa shape index (κ2) is 8.03. The Morgan fingerprint density at radius 1 is 1.07 bits per heavy atom. The van der Waals surface area contributed by atoms with Crippen LogP contribution in [0.15, 0.2) is 49.4 Å². The van der Waals surface area contributed by atoms with Gasteiger partial charge in [-0.1, -0.05) is 12.2 Å². The molecule has 0 amide bonds. The molecule has 0 atom stereocenters. The summed E-state index contributed by atoms with van der Waals surface area (Å²) in [5.74, 6) is 0. The van der Waals surface area contributed by atoms with Crippen LogP contribution in [-0.4, -0.2) is 24.5 Å². The van der Waals surface area contributed by atoms with E-state index in [1.807, 2.05) is 23.9 Å². The van der Waals surface area contributed by atoms with Crippen molar-refractivity contribution >= 4 is 23.1 Å². The SMILES string of the molecule is Cc1cc2nc(-c3cncn3C)cc(/C=C/c3cncnc3)c2cc1CCC#N. The molecule has 0 aliphatic heterocycles. The van der Waals surface area contributed by atoms with Crippen molar-refractivity contribution in [2.24, 2.45) is 7.05 Å². The fourth-order valence-corrected chi connectivity index (χ4v) is 3.36. The number of aromatic nitrogens is 5. The van der Waals surface area contributed by atoms with Gasteiger partial charge in [-0.2, -0.15) is 5.26 Å². The highest BCUT2D eigenvalue weighted by molar-refractivity contribution is 5.93. The number of pyridine rings is 1. The van der Waals surface area contributed by atoms with Crippen LogP contribution >= 0.6 is 0 Å². The third-order valence-corrected chi connectivity index (χ3v) is 4.92. The Bertz CT molecular complexity index is 1230. The van der Waals surface area contributed by atoms with E-state index in [9.17, 15) is 0 Å². The summed E-state index contributed by atoms with van der Waals surface area (Å²) in [6, 6.07) is 8.56. The van der Waals surface area contributed by atoms with Gasteiger partial charge in [0.15, 0.2) is 0 Å². The van der Waals surface area contributed by atoms with Gasteiger partial charge in [-0.05, 0) is 48.2 Å². The first-order valence-electron chi connectivity index (χ1n) is 9.36. The van der Waals surface area contributed by atoms with Gasteiger partial charge in [-0.15, -0.1) is 0 Å². The Balaban J connectivity index is 1.89. The smallest absolute Gasteiger partial charge is 0.115 e. The first-order valence-corrected chi connectivity index (χ1v) is 9.36. The molecule has 29 heavy (non-hydrogen) atoms. The molecule has 0 radical (unpaired) electrons. The van der Waals surface area contributed by atoms with Crippen LogP contribution in [0.5, 0.6) is 0 Å². The van der Waals surface area contributed by atoms with Crippen LogP contribution in [0, 0.1) is 18.3 Å². The van der Waals surface area contributed by atoms with Crippen molar-refractivity contribution in [3.8, 4) is 17.5 Å². The highest BCUT2D eigenvalue weighted by Gasteiger charge is 2.11. The average molecular weight is 380 g/mol. The van der Waals surface area contributed by atoms with Crippen LogP contribution in [0.1, 0.15) is 28.7 Å². The molecule has 0 saturated carbocycles. The first-order chi connectivity index (χ1) is 14.2. The maximum absolute atomic E-state index is 8.97. The zero-order valence-electron chi connectivity index (χ0n) is 16.4. The number of rotatable bonds is 5. The van der Waals surface area contributed by atoms with Gasteiger partial charge in [0.1, 0.15) is 6.33 Å². The summed E-state index contributed by atoms with van der Waals surface area (Å²) >= 11 is 0. The van der Waals surface area contributed by atoms with Crippen LogP contribution in [0.3, 0.4) is 0 Å². The molecule has 6 nitrogen and oxygen atoms in total. The third kappa shape index (κ3) is 3.90. The van der Waals surface area contributed by atoms with E-state index in [1.54, 1.807) is 18.7 Å². The molecular formula is C23H20N6. The molecule has 0 fully saturated rings. The van der Waals surface area contributed by atoms with E-state index in [1.165, 1.54) is 11.9 Å². The molecular weight excluding hydrogens is 360 g/mol. The molecule has 0 aliphatic rings. The minimum absolute atomic E-state index is 0.499. The van der Waals surface area contributed by atoms with Crippen molar-refractivity contribution in [3.63, 3.8) is 0 Å². The normalized spacial score (nSPS) is 11.2. The van der Waals surface area contributed by atoms with Gasteiger partial charge in [0.05, 0.1) is 35.5 Å². The van der Waals surface area contributed by atoms with Crippen molar-refractivity contribution in [3.05, 3.63) is 71.7 Å². The van der Waals surface area contributed by atoms with E-state index in [2.05, 4.69) is 52.2 Å². The van der Waals surface area contributed by atoms with E-state index >= 15 is 0 Å². The van der Waals surface area contributed by atoms with E-state index in [0.29, 0.717) is 6.42 Å². The molecule has 0 N–H and O–H groups in total. The van der Waals surface area contributed by atoms with Gasteiger partial charge in [-0.25, -0.2) is 19.9 Å². The number of aryl methyl sites for hydroxylation is 3. The lowest BCUT2D eigenvalue weighted by Gasteiger charge is -2.11. The lowest BCUT2D eigenvalue weighted by atomic mass is 9.97. The molecule has 3 aromatic heterocycles. The van der Waals surface area contributed by atoms with Crippen LogP contribution in [0.25, 0.3) is 34.4 Å². The Hall–Kier alpha value is -3.85. The van der Waals surface area contributed by atoms with Crippen LogP contribution < -0.4 is 0 Å². The molecule has 0 aliphatic carbocycles. The zero-order valence-corrected chi connectivity index (χ0v) is 16.4. The topological polar surface area (TPSA) is 80.3 Å². The molecule has 0 bridgehead atoms. The molecule has 4 rings (SSSR count). The standard InChI is InChI=1S/C23H20N6/c1-16-8-21-20(9-18(16)4-3-7-24)19(6-5-17-11-25-14-26-12-17)10-22(28-21)23-13-27-15-29(23)2/h5-6,8-15H,3-4H2,1-2H3/b6-5+. The predicted molar refractivity (Wildman–Crippen MR) is 114 cm³/mol. The highest BCUT2D eigenvalue weighted by Crippen LogP contribution is 2.28. The van der Waals surface area contributed by atoms with Crippen molar-refractivity contribution in [1.29, 1.82) is 5.26 Å².